The van der Waals surface area contributed by atoms with Gasteiger partial charge in [0.05, 0.1) is 31.7 Å². The van der Waals surface area contributed by atoms with Gasteiger partial charge in [-0.2, -0.15) is 0 Å². The number of anilines is 2. The highest BCUT2D eigenvalue weighted by molar-refractivity contribution is 6.04. The van der Waals surface area contributed by atoms with Gasteiger partial charge in [0.15, 0.2) is 5.78 Å². The fourth-order valence-corrected chi connectivity index (χ4v) is 2.93. The van der Waals surface area contributed by atoms with Crippen molar-refractivity contribution in [1.29, 1.82) is 0 Å². The number of Topliss-reactive ketones (excluding diaryl/α,β-unsaturated/α-hetero) is 1. The van der Waals surface area contributed by atoms with Gasteiger partial charge >= 0.3 is 0 Å². The molecule has 2 unspecified atom stereocenters. The Balaban J connectivity index is 1.59. The molecule has 0 aliphatic heterocycles. The van der Waals surface area contributed by atoms with Crippen molar-refractivity contribution in [3.63, 3.8) is 0 Å². The van der Waals surface area contributed by atoms with Crippen molar-refractivity contribution in [3.8, 4) is 11.5 Å². The molecule has 28 heavy (non-hydrogen) atoms. The minimum absolute atomic E-state index is 0.0372. The van der Waals surface area contributed by atoms with Gasteiger partial charge in [-0.25, -0.2) is 0 Å². The monoisotopic (exact) mass is 382 g/mol. The summed E-state index contributed by atoms with van der Waals surface area (Å²) in [6, 6.07) is 11.8. The first-order valence-electron chi connectivity index (χ1n) is 8.87. The lowest BCUT2D eigenvalue weighted by Gasteiger charge is -2.11. The Morgan fingerprint density at radius 2 is 1.54 bits per heavy atom. The van der Waals surface area contributed by atoms with Crippen LogP contribution in [-0.4, -0.2) is 31.8 Å². The standard InChI is InChI=1S/C21H22N2O5/c1-12(24)13-4-6-14(7-5-13)22-20(25)16-11-17(16)21(26)23-18-10-15(27-2)8-9-19(18)28-3/h4-10,16-17H,11H2,1-3H3,(H,22,25)(H,23,26). The molecule has 1 saturated carbocycles. The summed E-state index contributed by atoms with van der Waals surface area (Å²) in [6.07, 6.45) is 0.482. The van der Waals surface area contributed by atoms with E-state index in [-0.39, 0.29) is 23.5 Å². The van der Waals surface area contributed by atoms with E-state index in [9.17, 15) is 14.4 Å². The fraction of sp³-hybridized carbons (Fsp3) is 0.286. The Labute approximate surface area is 163 Å². The van der Waals surface area contributed by atoms with E-state index in [1.165, 1.54) is 21.1 Å². The zero-order valence-corrected chi connectivity index (χ0v) is 15.9. The van der Waals surface area contributed by atoms with Crippen LogP contribution >= 0.6 is 0 Å². The van der Waals surface area contributed by atoms with Crippen LogP contribution in [0.4, 0.5) is 11.4 Å². The molecule has 2 atom stereocenters. The number of methoxy groups -OCH3 is 2. The molecular weight excluding hydrogens is 360 g/mol. The fourth-order valence-electron chi connectivity index (χ4n) is 2.93. The Kier molecular flexibility index (Phi) is 5.63. The molecule has 146 valence electrons. The van der Waals surface area contributed by atoms with Gasteiger partial charge in [0.2, 0.25) is 11.8 Å². The van der Waals surface area contributed by atoms with Crippen molar-refractivity contribution in [2.75, 3.05) is 24.9 Å². The second-order valence-corrected chi connectivity index (χ2v) is 6.63. The van der Waals surface area contributed by atoms with Crippen molar-refractivity contribution in [3.05, 3.63) is 48.0 Å². The summed E-state index contributed by atoms with van der Waals surface area (Å²) in [4.78, 5) is 36.2. The number of ketones is 1. The maximum absolute atomic E-state index is 12.5. The van der Waals surface area contributed by atoms with Crippen molar-refractivity contribution in [2.24, 2.45) is 11.8 Å². The van der Waals surface area contributed by atoms with Crippen LogP contribution in [0.5, 0.6) is 11.5 Å². The second kappa shape index (κ2) is 8.12. The summed E-state index contributed by atoms with van der Waals surface area (Å²) in [5.74, 6) is -0.162. The van der Waals surface area contributed by atoms with Crippen LogP contribution in [0.25, 0.3) is 0 Å². The number of rotatable bonds is 7. The third-order valence-corrected chi connectivity index (χ3v) is 4.69. The summed E-state index contributed by atoms with van der Waals surface area (Å²) in [7, 11) is 3.06. The highest BCUT2D eigenvalue weighted by Crippen LogP contribution is 2.41. The van der Waals surface area contributed by atoms with Gasteiger partial charge in [-0.15, -0.1) is 0 Å². The molecule has 7 nitrogen and oxygen atoms in total. The van der Waals surface area contributed by atoms with E-state index in [2.05, 4.69) is 10.6 Å². The maximum atomic E-state index is 12.5. The van der Waals surface area contributed by atoms with Crippen LogP contribution in [0.1, 0.15) is 23.7 Å². The van der Waals surface area contributed by atoms with E-state index < -0.39 is 5.92 Å². The van der Waals surface area contributed by atoms with E-state index in [0.29, 0.717) is 34.9 Å². The summed E-state index contributed by atoms with van der Waals surface area (Å²) in [5, 5.41) is 5.59. The first kappa shape index (κ1) is 19.4. The van der Waals surface area contributed by atoms with Crippen molar-refractivity contribution >= 4 is 29.0 Å². The SMILES string of the molecule is COc1ccc(OC)c(NC(=O)C2CC2C(=O)Nc2ccc(C(C)=O)cc2)c1. The lowest BCUT2D eigenvalue weighted by molar-refractivity contribution is -0.122. The summed E-state index contributed by atoms with van der Waals surface area (Å²) < 4.78 is 10.4. The average molecular weight is 382 g/mol. The smallest absolute Gasteiger partial charge is 0.228 e. The van der Waals surface area contributed by atoms with Crippen LogP contribution in [-0.2, 0) is 9.59 Å². The molecule has 1 aliphatic rings. The zero-order chi connectivity index (χ0) is 20.3. The Morgan fingerprint density at radius 1 is 0.893 bits per heavy atom. The number of carbonyl (C=O) groups is 3. The molecule has 0 spiro atoms. The van der Waals surface area contributed by atoms with Gasteiger partial charge in [-0.1, -0.05) is 0 Å². The van der Waals surface area contributed by atoms with Gasteiger partial charge in [0, 0.05) is 17.3 Å². The van der Waals surface area contributed by atoms with Crippen molar-refractivity contribution in [1.82, 2.24) is 0 Å². The molecule has 2 N–H and O–H groups in total. The van der Waals surface area contributed by atoms with Gasteiger partial charge in [0.1, 0.15) is 11.5 Å². The van der Waals surface area contributed by atoms with Gasteiger partial charge in [0.25, 0.3) is 0 Å². The van der Waals surface area contributed by atoms with Crippen LogP contribution < -0.4 is 20.1 Å². The minimum atomic E-state index is -0.396. The Bertz CT molecular complexity index is 908. The topological polar surface area (TPSA) is 93.7 Å². The molecule has 1 fully saturated rings. The normalized spacial score (nSPS) is 17.4. The minimum Gasteiger partial charge on any atom is -0.497 e. The van der Waals surface area contributed by atoms with Crippen molar-refractivity contribution < 1.29 is 23.9 Å². The average Bonchev–Trinajstić information content (AvgIpc) is 3.49. The summed E-state index contributed by atoms with van der Waals surface area (Å²) >= 11 is 0. The van der Waals surface area contributed by atoms with E-state index in [4.69, 9.17) is 9.47 Å². The van der Waals surface area contributed by atoms with E-state index in [0.717, 1.165) is 0 Å². The van der Waals surface area contributed by atoms with Crippen LogP contribution in [0.2, 0.25) is 0 Å². The van der Waals surface area contributed by atoms with Crippen LogP contribution in [0.3, 0.4) is 0 Å². The third-order valence-electron chi connectivity index (χ3n) is 4.69. The van der Waals surface area contributed by atoms with E-state index >= 15 is 0 Å². The molecule has 2 aromatic rings. The number of amides is 2. The number of ether oxygens (including phenoxy) is 2. The lowest BCUT2D eigenvalue weighted by Crippen LogP contribution is -2.20. The number of hydrogen-bond donors (Lipinski definition) is 2. The number of carbonyl (C=O) groups excluding carboxylic acids is 3. The molecule has 0 radical (unpaired) electrons. The second-order valence-electron chi connectivity index (χ2n) is 6.63. The first-order valence-corrected chi connectivity index (χ1v) is 8.87. The predicted octanol–water partition coefficient (Wildman–Crippen LogP) is 3.12. The molecule has 2 amide bonds. The molecule has 7 heteroatoms. The molecule has 0 bridgehead atoms. The quantitative estimate of drug-likeness (QED) is 0.718. The van der Waals surface area contributed by atoms with Gasteiger partial charge < -0.3 is 20.1 Å². The molecule has 1 aliphatic carbocycles. The third kappa shape index (κ3) is 4.31. The highest BCUT2D eigenvalue weighted by atomic mass is 16.5. The molecule has 0 heterocycles. The number of nitrogens with one attached hydrogen (secondary N) is 2. The zero-order valence-electron chi connectivity index (χ0n) is 15.9. The first-order chi connectivity index (χ1) is 13.4. The van der Waals surface area contributed by atoms with Gasteiger partial charge in [-0.05, 0) is 49.7 Å². The molecule has 2 aromatic carbocycles. The molecular formula is C21H22N2O5. The van der Waals surface area contributed by atoms with Crippen molar-refractivity contribution in [2.45, 2.75) is 13.3 Å². The molecule has 0 saturated heterocycles. The predicted molar refractivity (Wildman–Crippen MR) is 105 cm³/mol. The number of benzene rings is 2. The highest BCUT2D eigenvalue weighted by Gasteiger charge is 2.48. The van der Waals surface area contributed by atoms with E-state index in [1.807, 2.05) is 0 Å². The van der Waals surface area contributed by atoms with Gasteiger partial charge in [-0.3, -0.25) is 14.4 Å². The summed E-state index contributed by atoms with van der Waals surface area (Å²) in [5.41, 5.74) is 1.67. The summed E-state index contributed by atoms with van der Waals surface area (Å²) in [6.45, 7) is 1.48. The largest absolute Gasteiger partial charge is 0.497 e. The number of hydrogen-bond acceptors (Lipinski definition) is 5. The van der Waals surface area contributed by atoms with E-state index in [1.54, 1.807) is 42.5 Å². The Morgan fingerprint density at radius 3 is 2.11 bits per heavy atom. The molecule has 3 rings (SSSR count). The van der Waals surface area contributed by atoms with Crippen LogP contribution in [0.15, 0.2) is 42.5 Å². The molecule has 0 aromatic heterocycles. The lowest BCUT2D eigenvalue weighted by atomic mass is 10.1. The maximum Gasteiger partial charge on any atom is 0.228 e. The van der Waals surface area contributed by atoms with Crippen LogP contribution in [0, 0.1) is 11.8 Å². The Hall–Kier alpha value is -3.35.